The molecule has 6 aromatic rings. The number of hydrogen-bond acceptors (Lipinski definition) is 7. The summed E-state index contributed by atoms with van der Waals surface area (Å²) in [5.41, 5.74) is 4.67. The molecule has 82 heavy (non-hydrogen) atoms. The van der Waals surface area contributed by atoms with E-state index in [9.17, 15) is 33.9 Å². The number of nitrogens with one attached hydrogen (secondary N) is 1. The number of aromatic amines is 1. The van der Waals surface area contributed by atoms with Gasteiger partial charge in [0.2, 0.25) is 5.43 Å². The molecule has 11 nitrogen and oxygen atoms in total. The summed E-state index contributed by atoms with van der Waals surface area (Å²) in [5.74, 6) is -1.66. The van der Waals surface area contributed by atoms with Crippen LogP contribution < -0.4 is 16.3 Å². The summed E-state index contributed by atoms with van der Waals surface area (Å²) in [6, 6.07) is 16.8. The summed E-state index contributed by atoms with van der Waals surface area (Å²) in [6.45, 7) is 27.2. The van der Waals surface area contributed by atoms with Gasteiger partial charge in [0, 0.05) is 46.8 Å². The Bertz CT molecular complexity index is 2640. The van der Waals surface area contributed by atoms with Gasteiger partial charge in [-0.05, 0) is 93.1 Å². The van der Waals surface area contributed by atoms with Crippen molar-refractivity contribution in [2.45, 2.75) is 275 Å². The van der Waals surface area contributed by atoms with Crippen molar-refractivity contribution < 1.29 is 24.6 Å². The average Bonchev–Trinajstić information content (AvgIpc) is 3.60. The second kappa shape index (κ2) is 50.8. The van der Waals surface area contributed by atoms with Crippen LogP contribution in [0.15, 0.2) is 87.6 Å². The van der Waals surface area contributed by atoms with Gasteiger partial charge < -0.3 is 24.3 Å². The highest BCUT2D eigenvalue weighted by molar-refractivity contribution is 5.98. The quantitative estimate of drug-likeness (QED) is 0.127. The number of hydrogen-bond donors (Lipinski definition) is 3. The lowest BCUT2D eigenvalue weighted by atomic mass is 10.0. The number of pyridine rings is 3. The fraction of sp³-hybridized carbons (Fsp3) is 0.577. The van der Waals surface area contributed by atoms with Gasteiger partial charge in [0.25, 0.3) is 0 Å². The fourth-order valence-corrected chi connectivity index (χ4v) is 9.04. The molecule has 3 heterocycles. The molecule has 0 atom stereocenters. The third-order valence-electron chi connectivity index (χ3n) is 13.4. The first-order valence-corrected chi connectivity index (χ1v) is 30.1. The molecule has 3 fully saturated rings. The summed E-state index contributed by atoms with van der Waals surface area (Å²) in [4.78, 5) is 73.0. The van der Waals surface area contributed by atoms with Crippen molar-refractivity contribution in [3.63, 3.8) is 0 Å². The zero-order valence-electron chi connectivity index (χ0n) is 50.9. The number of carbonyl (C=O) groups excluding carboxylic acids is 2. The highest BCUT2D eigenvalue weighted by atomic mass is 16.4. The van der Waals surface area contributed by atoms with E-state index in [1.165, 1.54) is 146 Å². The Balaban J connectivity index is -0.000000292. The Morgan fingerprint density at radius 3 is 1.04 bits per heavy atom. The number of H-pyrrole nitrogens is 1. The first-order chi connectivity index (χ1) is 37.8. The van der Waals surface area contributed by atoms with E-state index in [0.29, 0.717) is 21.7 Å². The van der Waals surface area contributed by atoms with E-state index in [1.807, 2.05) is 130 Å². The number of fused-ring (bicyclic) bond motifs is 3. The monoisotopic (exact) mass is 1140 g/mol. The number of nitrogens with zero attached hydrogens (tertiary/aromatic N) is 2. The minimum Gasteiger partial charge on any atom is -0.477 e. The number of Topliss-reactive ketones (excluding diaryl/α,β-unsaturated/α-hetero) is 2. The highest BCUT2D eigenvalue weighted by Gasteiger charge is 2.15. The molecule has 3 aromatic carbocycles. The van der Waals surface area contributed by atoms with Crippen LogP contribution in [0.4, 0.5) is 0 Å². The predicted octanol–water partition coefficient (Wildman–Crippen LogP) is 20.0. The second-order valence-corrected chi connectivity index (χ2v) is 18.6. The smallest absolute Gasteiger partial charge is 0.341 e. The Morgan fingerprint density at radius 2 is 0.732 bits per heavy atom. The van der Waals surface area contributed by atoms with Crippen LogP contribution in [0.5, 0.6) is 0 Å². The molecule has 0 bridgehead atoms. The lowest BCUT2D eigenvalue weighted by Gasteiger charge is -2.11. The molecule has 0 radical (unpaired) electrons. The number of aryl methyl sites for hydroxylation is 4. The maximum atomic E-state index is 12.3. The van der Waals surface area contributed by atoms with Crippen molar-refractivity contribution in [3.8, 4) is 0 Å². The van der Waals surface area contributed by atoms with Crippen LogP contribution in [0.2, 0.25) is 0 Å². The van der Waals surface area contributed by atoms with Gasteiger partial charge in [0.05, 0.1) is 22.2 Å². The van der Waals surface area contributed by atoms with E-state index >= 15 is 0 Å². The van der Waals surface area contributed by atoms with Gasteiger partial charge >= 0.3 is 5.97 Å². The molecule has 466 valence electrons. The Labute approximate surface area is 498 Å². The maximum absolute atomic E-state index is 12.3. The second-order valence-electron chi connectivity index (χ2n) is 18.6. The van der Waals surface area contributed by atoms with Crippen molar-refractivity contribution >= 4 is 50.2 Å². The van der Waals surface area contributed by atoms with Crippen molar-refractivity contribution in [3.05, 3.63) is 137 Å². The number of ketones is 2. The van der Waals surface area contributed by atoms with Gasteiger partial charge in [-0.2, -0.15) is 0 Å². The molecule has 0 aliphatic heterocycles. The molecule has 3 aliphatic carbocycles. The molecule has 0 spiro atoms. The topological polar surface area (TPSA) is 169 Å². The summed E-state index contributed by atoms with van der Waals surface area (Å²) in [6.07, 6.45) is 33.8. The van der Waals surface area contributed by atoms with E-state index in [0.717, 1.165) is 53.5 Å². The van der Waals surface area contributed by atoms with E-state index in [1.54, 1.807) is 18.3 Å². The number of rotatable bonds is 8. The zero-order chi connectivity index (χ0) is 59.0. The van der Waals surface area contributed by atoms with Gasteiger partial charge in [0.1, 0.15) is 12.3 Å². The van der Waals surface area contributed by atoms with Crippen LogP contribution in [0.1, 0.15) is 290 Å². The predicted molar refractivity (Wildman–Crippen MR) is 359 cm³/mol. The normalized spacial score (nSPS) is 12.4. The number of aliphatic hydroxyl groups is 1. The fourth-order valence-electron chi connectivity index (χ4n) is 9.04. The summed E-state index contributed by atoms with van der Waals surface area (Å²) < 4.78 is 3.30. The third-order valence-corrected chi connectivity index (χ3v) is 13.4. The standard InChI is InChI=1S/C15H17NO2.C13H13NO4.C13H13NO2.3C6H12.4C2H6.4CH4/c1-4-11-6-7-14-12(8-11)15(18)13(10(3)17)9-16(14)5-2;1-2-8-3-4-11-9(5-8)12(16)10(13(17)18)6-14(11)7-15;1-3-9-4-5-12-10(6-9)13(16)11(7-14-12)8(2)15;3*1-2-4-6-5-3-1;4*1-2;;;;/h6-9H,4-5H2,1-3H3;3-6,15H,2,7H2,1H3,(H,17,18);4-7H,3H2,1-2H3,(H,14,16);3*1-6H2;4*1-2H3;4*1H4. The van der Waals surface area contributed by atoms with Crippen LogP contribution in [0.25, 0.3) is 32.7 Å². The summed E-state index contributed by atoms with van der Waals surface area (Å²) >= 11 is 0. The summed E-state index contributed by atoms with van der Waals surface area (Å²) in [5, 5.41) is 19.8. The van der Waals surface area contributed by atoms with Crippen molar-refractivity contribution in [2.75, 3.05) is 0 Å². The number of aromatic carboxylic acids is 1. The molecular formula is C71H119N3O8. The molecule has 0 saturated heterocycles. The number of benzene rings is 3. The molecule has 3 aromatic heterocycles. The molecule has 9 rings (SSSR count). The Kier molecular flexibility index (Phi) is 52.5. The zero-order valence-corrected chi connectivity index (χ0v) is 50.9. The van der Waals surface area contributed by atoms with Gasteiger partial charge in [-0.25, -0.2) is 4.79 Å². The van der Waals surface area contributed by atoms with Gasteiger partial charge in [-0.3, -0.25) is 24.0 Å². The number of carbonyl (C=O) groups is 3. The first-order valence-electron chi connectivity index (χ1n) is 30.1. The minimum absolute atomic E-state index is 0. The number of aromatic nitrogens is 3. The van der Waals surface area contributed by atoms with Crippen molar-refractivity contribution in [2.24, 2.45) is 0 Å². The molecular weight excluding hydrogens is 1020 g/mol. The van der Waals surface area contributed by atoms with Crippen LogP contribution in [-0.4, -0.2) is 41.9 Å². The lowest BCUT2D eigenvalue weighted by Crippen LogP contribution is -2.19. The Hall–Kier alpha value is -5.94. The van der Waals surface area contributed by atoms with E-state index in [2.05, 4.69) is 4.98 Å². The largest absolute Gasteiger partial charge is 0.477 e. The van der Waals surface area contributed by atoms with Crippen LogP contribution in [0.3, 0.4) is 0 Å². The molecule has 3 N–H and O–H groups in total. The van der Waals surface area contributed by atoms with Crippen molar-refractivity contribution in [1.82, 2.24) is 14.1 Å². The third kappa shape index (κ3) is 28.4. The van der Waals surface area contributed by atoms with E-state index in [4.69, 9.17) is 5.11 Å². The van der Waals surface area contributed by atoms with Crippen LogP contribution in [0, 0.1) is 0 Å². The number of aliphatic hydroxyl groups excluding tert-OH is 1. The van der Waals surface area contributed by atoms with Gasteiger partial charge in [0.15, 0.2) is 22.4 Å². The first kappa shape index (κ1) is 84.9. The average molecular weight is 1140 g/mol. The molecule has 0 amide bonds. The van der Waals surface area contributed by atoms with Crippen LogP contribution >= 0.6 is 0 Å². The maximum Gasteiger partial charge on any atom is 0.341 e. The van der Waals surface area contributed by atoms with Gasteiger partial charge in [-0.1, -0.05) is 240 Å². The molecule has 3 saturated carbocycles. The molecule has 0 unspecified atom stereocenters. The number of carboxylic acid groups (broad SMARTS) is 1. The van der Waals surface area contributed by atoms with Crippen LogP contribution in [-0.2, 0) is 32.5 Å². The Morgan fingerprint density at radius 1 is 0.439 bits per heavy atom. The summed E-state index contributed by atoms with van der Waals surface area (Å²) in [7, 11) is 0. The highest BCUT2D eigenvalue weighted by Crippen LogP contribution is 2.19. The lowest BCUT2D eigenvalue weighted by molar-refractivity contribution is 0.0693. The SMILES string of the molecule is C.C.C.C.C1CCCCC1.C1CCCCC1.C1CCCCC1.CC.CC.CC.CC.CCc1ccc2[nH]cc(C(C)=O)c(=O)c2c1.CCc1ccc2c(c1)c(=O)c(C(=O)O)cn2CO.CCc1ccc2c(c1)c(=O)c(C(C)=O)cn2CC. The van der Waals surface area contributed by atoms with Gasteiger partial charge in [-0.15, -0.1) is 0 Å². The van der Waals surface area contributed by atoms with Crippen molar-refractivity contribution in [1.29, 1.82) is 0 Å². The van der Waals surface area contributed by atoms with E-state index in [-0.39, 0.29) is 75.6 Å². The number of carboxylic acids is 1. The molecule has 3 aliphatic rings. The molecule has 11 heteroatoms. The van der Waals surface area contributed by atoms with E-state index < -0.39 is 11.4 Å². The minimum atomic E-state index is -1.29.